The first-order valence-electron chi connectivity index (χ1n) is 5.04. The van der Waals surface area contributed by atoms with E-state index in [-0.39, 0.29) is 12.1 Å². The van der Waals surface area contributed by atoms with Crippen molar-refractivity contribution in [2.75, 3.05) is 7.11 Å². The molecule has 4 heteroatoms. The number of hydrogen-bond acceptors (Lipinski definition) is 4. The molecule has 1 rings (SSSR count). The molecule has 0 radical (unpaired) electrons. The molecule has 0 aliphatic rings. The third-order valence-corrected chi connectivity index (χ3v) is 2.36. The number of methoxy groups -OCH3 is 1. The predicted octanol–water partition coefficient (Wildman–Crippen LogP) is 0.949. The zero-order valence-electron chi connectivity index (χ0n) is 9.40. The van der Waals surface area contributed by atoms with Crippen LogP contribution in [0, 0.1) is 0 Å². The van der Waals surface area contributed by atoms with Gasteiger partial charge in [-0.25, -0.2) is 4.98 Å². The number of rotatable bonds is 5. The number of nitrogens with one attached hydrogen (secondary N) is 1. The van der Waals surface area contributed by atoms with Crippen molar-refractivity contribution in [3.05, 3.63) is 23.9 Å². The summed E-state index contributed by atoms with van der Waals surface area (Å²) in [5.74, 6) is 0.610. The topological polar surface area (TPSA) is 54.4 Å². The Morgan fingerprint density at radius 1 is 1.53 bits per heavy atom. The second-order valence-electron chi connectivity index (χ2n) is 3.62. The molecule has 0 aliphatic carbocycles. The van der Waals surface area contributed by atoms with Crippen LogP contribution >= 0.6 is 0 Å². The molecule has 2 unspecified atom stereocenters. The molecule has 2 atom stereocenters. The molecule has 1 heterocycles. The van der Waals surface area contributed by atoms with Gasteiger partial charge in [0, 0.05) is 24.8 Å². The molecule has 0 bridgehead atoms. The Kier molecular flexibility index (Phi) is 4.52. The Hall–Kier alpha value is -1.13. The van der Waals surface area contributed by atoms with E-state index >= 15 is 0 Å². The van der Waals surface area contributed by atoms with Gasteiger partial charge in [-0.1, -0.05) is 0 Å². The molecular formula is C11H18N2O2. The molecule has 1 aromatic rings. The van der Waals surface area contributed by atoms with Crippen LogP contribution < -0.4 is 10.1 Å². The summed E-state index contributed by atoms with van der Waals surface area (Å²) in [6, 6.07) is 3.87. The van der Waals surface area contributed by atoms with Crippen LogP contribution in [0.3, 0.4) is 0 Å². The summed E-state index contributed by atoms with van der Waals surface area (Å²) in [5, 5.41) is 12.5. The molecule has 1 aromatic heterocycles. The van der Waals surface area contributed by atoms with Crippen molar-refractivity contribution in [2.24, 2.45) is 0 Å². The first-order valence-corrected chi connectivity index (χ1v) is 5.04. The molecule has 0 fully saturated rings. The Morgan fingerprint density at radius 2 is 2.27 bits per heavy atom. The highest BCUT2D eigenvalue weighted by Gasteiger charge is 2.07. The highest BCUT2D eigenvalue weighted by molar-refractivity contribution is 5.20. The van der Waals surface area contributed by atoms with Gasteiger partial charge in [0.15, 0.2) is 0 Å². The summed E-state index contributed by atoms with van der Waals surface area (Å²) < 4.78 is 5.02. The molecule has 0 saturated heterocycles. The quantitative estimate of drug-likeness (QED) is 0.759. The van der Waals surface area contributed by atoms with Crippen molar-refractivity contribution in [3.8, 4) is 5.88 Å². The van der Waals surface area contributed by atoms with Gasteiger partial charge in [-0.05, 0) is 25.5 Å². The zero-order valence-corrected chi connectivity index (χ0v) is 9.40. The van der Waals surface area contributed by atoms with Crippen molar-refractivity contribution in [1.82, 2.24) is 10.3 Å². The second kappa shape index (κ2) is 5.68. The van der Waals surface area contributed by atoms with Gasteiger partial charge in [0.2, 0.25) is 5.88 Å². The Balaban J connectivity index is 2.50. The molecule has 2 N–H and O–H groups in total. The van der Waals surface area contributed by atoms with Crippen LogP contribution in [0.2, 0.25) is 0 Å². The van der Waals surface area contributed by atoms with Crippen LogP contribution in [0.25, 0.3) is 0 Å². The number of nitrogens with zero attached hydrogens (tertiary/aromatic N) is 1. The number of ether oxygens (including phenoxy) is 1. The predicted molar refractivity (Wildman–Crippen MR) is 58.8 cm³/mol. The molecule has 84 valence electrons. The average Bonchev–Trinajstić information content (AvgIpc) is 2.26. The lowest BCUT2D eigenvalue weighted by Crippen LogP contribution is -2.34. The normalized spacial score (nSPS) is 14.7. The fraction of sp³-hybridized carbons (Fsp3) is 0.545. The van der Waals surface area contributed by atoms with Crippen LogP contribution in [-0.4, -0.2) is 29.3 Å². The van der Waals surface area contributed by atoms with Crippen molar-refractivity contribution < 1.29 is 9.84 Å². The molecule has 0 aliphatic heterocycles. The highest BCUT2D eigenvalue weighted by atomic mass is 16.5. The first kappa shape index (κ1) is 11.9. The van der Waals surface area contributed by atoms with Gasteiger partial charge in [0.1, 0.15) is 0 Å². The van der Waals surface area contributed by atoms with E-state index in [0.29, 0.717) is 12.4 Å². The molecule has 15 heavy (non-hydrogen) atoms. The van der Waals surface area contributed by atoms with Gasteiger partial charge in [0.25, 0.3) is 0 Å². The van der Waals surface area contributed by atoms with Gasteiger partial charge in [-0.2, -0.15) is 0 Å². The summed E-state index contributed by atoms with van der Waals surface area (Å²) in [5.41, 5.74) is 1.09. The van der Waals surface area contributed by atoms with E-state index in [0.717, 1.165) is 5.56 Å². The van der Waals surface area contributed by atoms with Crippen LogP contribution in [0.5, 0.6) is 5.88 Å². The van der Waals surface area contributed by atoms with Crippen molar-refractivity contribution in [3.63, 3.8) is 0 Å². The average molecular weight is 210 g/mol. The van der Waals surface area contributed by atoms with Gasteiger partial charge in [-0.15, -0.1) is 0 Å². The summed E-state index contributed by atoms with van der Waals surface area (Å²) in [7, 11) is 1.60. The summed E-state index contributed by atoms with van der Waals surface area (Å²) in [4.78, 5) is 4.02. The number of pyridine rings is 1. The Labute approximate surface area is 90.3 Å². The maximum atomic E-state index is 9.30. The summed E-state index contributed by atoms with van der Waals surface area (Å²) >= 11 is 0. The van der Waals surface area contributed by atoms with E-state index < -0.39 is 0 Å². The number of aliphatic hydroxyl groups excluding tert-OH is 1. The smallest absolute Gasteiger partial charge is 0.213 e. The maximum absolute atomic E-state index is 9.30. The SMILES string of the molecule is COc1cc(CNC(C)C(C)O)ccn1. The molecule has 0 amide bonds. The lowest BCUT2D eigenvalue weighted by Gasteiger charge is -2.16. The number of hydrogen-bond donors (Lipinski definition) is 2. The summed E-state index contributed by atoms with van der Waals surface area (Å²) in [6.45, 7) is 4.42. The minimum Gasteiger partial charge on any atom is -0.481 e. The minimum absolute atomic E-state index is 0.0733. The fourth-order valence-electron chi connectivity index (χ4n) is 1.12. The van der Waals surface area contributed by atoms with Crippen molar-refractivity contribution in [2.45, 2.75) is 32.5 Å². The second-order valence-corrected chi connectivity index (χ2v) is 3.62. The fourth-order valence-corrected chi connectivity index (χ4v) is 1.12. The van der Waals surface area contributed by atoms with E-state index in [4.69, 9.17) is 4.74 Å². The molecule has 4 nitrogen and oxygen atoms in total. The van der Waals surface area contributed by atoms with Crippen LogP contribution in [0.1, 0.15) is 19.4 Å². The third-order valence-electron chi connectivity index (χ3n) is 2.36. The lowest BCUT2D eigenvalue weighted by atomic mass is 10.2. The lowest BCUT2D eigenvalue weighted by molar-refractivity contribution is 0.152. The molecule has 0 saturated carbocycles. The van der Waals surface area contributed by atoms with E-state index in [9.17, 15) is 5.11 Å². The number of aromatic nitrogens is 1. The van der Waals surface area contributed by atoms with Crippen molar-refractivity contribution in [1.29, 1.82) is 0 Å². The maximum Gasteiger partial charge on any atom is 0.213 e. The van der Waals surface area contributed by atoms with Gasteiger partial charge in [-0.3, -0.25) is 0 Å². The van der Waals surface area contributed by atoms with Crippen LogP contribution in [0.15, 0.2) is 18.3 Å². The Morgan fingerprint density at radius 3 is 2.87 bits per heavy atom. The molecular weight excluding hydrogens is 192 g/mol. The van der Waals surface area contributed by atoms with Crippen molar-refractivity contribution >= 4 is 0 Å². The number of aliphatic hydroxyl groups is 1. The zero-order chi connectivity index (χ0) is 11.3. The van der Waals surface area contributed by atoms with Crippen LogP contribution in [0.4, 0.5) is 0 Å². The summed E-state index contributed by atoms with van der Waals surface area (Å²) in [6.07, 6.45) is 1.36. The molecule has 0 aromatic carbocycles. The Bertz CT molecular complexity index is 302. The monoisotopic (exact) mass is 210 g/mol. The van der Waals surface area contributed by atoms with Gasteiger partial charge in [0.05, 0.1) is 13.2 Å². The van der Waals surface area contributed by atoms with Gasteiger partial charge >= 0.3 is 0 Å². The first-order chi connectivity index (χ1) is 7.13. The largest absolute Gasteiger partial charge is 0.481 e. The molecule has 0 spiro atoms. The third kappa shape index (κ3) is 3.85. The minimum atomic E-state index is -0.353. The van der Waals surface area contributed by atoms with E-state index in [1.54, 1.807) is 20.2 Å². The van der Waals surface area contributed by atoms with E-state index in [2.05, 4.69) is 10.3 Å². The van der Waals surface area contributed by atoms with E-state index in [1.807, 2.05) is 19.1 Å². The van der Waals surface area contributed by atoms with Gasteiger partial charge < -0.3 is 15.2 Å². The standard InChI is InChI=1S/C11H18N2O2/c1-8(9(2)14)13-7-10-4-5-12-11(6-10)15-3/h4-6,8-9,13-14H,7H2,1-3H3. The van der Waals surface area contributed by atoms with E-state index in [1.165, 1.54) is 0 Å². The van der Waals surface area contributed by atoms with Crippen LogP contribution in [-0.2, 0) is 6.54 Å². The highest BCUT2D eigenvalue weighted by Crippen LogP contribution is 2.08.